The number of sulfonamides is 1. The summed E-state index contributed by atoms with van der Waals surface area (Å²) in [7, 11) is -3.80. The van der Waals surface area contributed by atoms with Gasteiger partial charge in [0, 0.05) is 6.54 Å². The molecule has 0 spiro atoms. The fourth-order valence-corrected chi connectivity index (χ4v) is 3.04. The number of carbonyl (C=O) groups excluding carboxylic acids is 2. The van der Waals surface area contributed by atoms with E-state index in [1.165, 1.54) is 12.1 Å². The highest BCUT2D eigenvalue weighted by Gasteiger charge is 2.19. The molecule has 9 nitrogen and oxygen atoms in total. The molecule has 156 valence electrons. The Hall–Kier alpha value is -2.62. The van der Waals surface area contributed by atoms with Gasteiger partial charge < -0.3 is 20.6 Å². The number of aryl methyl sites for hydroxylation is 1. The van der Waals surface area contributed by atoms with Crippen LogP contribution in [0.1, 0.15) is 39.2 Å². The van der Waals surface area contributed by atoms with Gasteiger partial charge in [-0.15, -0.1) is 0 Å². The van der Waals surface area contributed by atoms with Crippen molar-refractivity contribution in [3.63, 3.8) is 0 Å². The molecular weight excluding hydrogens is 384 g/mol. The average molecular weight is 413 g/mol. The third kappa shape index (κ3) is 8.85. The number of hydrogen-bond acceptors (Lipinski definition) is 6. The fourth-order valence-electron chi connectivity index (χ4n) is 2.09. The maximum Gasteiger partial charge on any atom is 0.408 e. The number of rotatable bonds is 8. The lowest BCUT2D eigenvalue weighted by atomic mass is 10.2. The second kappa shape index (κ2) is 10.1. The molecule has 0 bridgehead atoms. The first-order valence-electron chi connectivity index (χ1n) is 8.77. The third-order valence-electron chi connectivity index (χ3n) is 3.39. The van der Waals surface area contributed by atoms with Crippen LogP contribution in [0.4, 0.5) is 4.79 Å². The molecular formula is C18H28N4O5S. The van der Waals surface area contributed by atoms with Crippen LogP contribution in [-0.4, -0.2) is 44.9 Å². The van der Waals surface area contributed by atoms with Gasteiger partial charge in [0.2, 0.25) is 5.96 Å². The number of nitrogens with two attached hydrogens (primary N) is 1. The standard InChI is InChI=1S/C18H28N4O5S/c1-13-7-9-15(10-8-13)28(25,26)22-16(19)20-11-5-6-14(12-23)21-17(24)27-18(2,3)4/h7-10,12,14H,5-6,11H2,1-4H3,(H,21,24)(H3,19,20,22)/t14-/m0/s1. The number of alkyl carbamates (subject to hydrolysis) is 1. The van der Waals surface area contributed by atoms with E-state index in [2.05, 4.69) is 15.0 Å². The lowest BCUT2D eigenvalue weighted by Gasteiger charge is -2.21. The minimum atomic E-state index is -3.80. The second-order valence-electron chi connectivity index (χ2n) is 7.22. The van der Waals surface area contributed by atoms with Gasteiger partial charge in [0.15, 0.2) is 0 Å². The molecule has 4 N–H and O–H groups in total. The molecule has 10 heteroatoms. The number of carbonyl (C=O) groups is 2. The number of ether oxygens (including phenoxy) is 1. The molecule has 0 aliphatic heterocycles. The Labute approximate surface area is 165 Å². The van der Waals surface area contributed by atoms with Gasteiger partial charge in [-0.3, -0.25) is 4.99 Å². The molecule has 28 heavy (non-hydrogen) atoms. The van der Waals surface area contributed by atoms with Crippen molar-refractivity contribution in [2.24, 2.45) is 10.7 Å². The maximum absolute atomic E-state index is 12.2. The topological polar surface area (TPSA) is 140 Å². The van der Waals surface area contributed by atoms with Gasteiger partial charge in [0.05, 0.1) is 10.9 Å². The third-order valence-corrected chi connectivity index (χ3v) is 4.76. The molecule has 1 aromatic carbocycles. The number of guanidine groups is 1. The zero-order valence-electron chi connectivity index (χ0n) is 16.6. The van der Waals surface area contributed by atoms with E-state index in [4.69, 9.17) is 10.5 Å². The number of nitrogens with one attached hydrogen (secondary N) is 2. The van der Waals surface area contributed by atoms with Crippen LogP contribution >= 0.6 is 0 Å². The molecule has 1 amide bonds. The Bertz CT molecular complexity index is 798. The van der Waals surface area contributed by atoms with Crippen LogP contribution in [0, 0.1) is 6.92 Å². The Morgan fingerprint density at radius 2 is 1.89 bits per heavy atom. The van der Waals surface area contributed by atoms with Crippen LogP contribution in [0.2, 0.25) is 0 Å². The molecule has 0 saturated heterocycles. The molecule has 0 aliphatic rings. The van der Waals surface area contributed by atoms with Crippen LogP contribution in [0.3, 0.4) is 0 Å². The average Bonchev–Trinajstić information content (AvgIpc) is 2.55. The van der Waals surface area contributed by atoms with Crippen LogP contribution in [-0.2, 0) is 19.6 Å². The molecule has 0 aliphatic carbocycles. The molecule has 1 atom stereocenters. The van der Waals surface area contributed by atoms with Gasteiger partial charge in [-0.1, -0.05) is 17.7 Å². The fraction of sp³-hybridized carbons (Fsp3) is 0.500. The smallest absolute Gasteiger partial charge is 0.408 e. The maximum atomic E-state index is 12.2. The highest BCUT2D eigenvalue weighted by molar-refractivity contribution is 7.90. The summed E-state index contributed by atoms with van der Waals surface area (Å²) in [5.41, 5.74) is 5.90. The Morgan fingerprint density at radius 1 is 1.29 bits per heavy atom. The van der Waals surface area contributed by atoms with Gasteiger partial charge in [0.1, 0.15) is 11.9 Å². The van der Waals surface area contributed by atoms with Crippen molar-refractivity contribution in [2.75, 3.05) is 6.54 Å². The van der Waals surface area contributed by atoms with E-state index < -0.39 is 27.8 Å². The van der Waals surface area contributed by atoms with Crippen molar-refractivity contribution in [2.45, 2.75) is 57.1 Å². The summed E-state index contributed by atoms with van der Waals surface area (Å²) in [5.74, 6) is -0.247. The number of aliphatic imine (C=N–C) groups is 1. The van der Waals surface area contributed by atoms with Crippen molar-refractivity contribution >= 4 is 28.4 Å². The van der Waals surface area contributed by atoms with Gasteiger partial charge >= 0.3 is 6.09 Å². The monoisotopic (exact) mass is 412 g/mol. The Balaban J connectivity index is 2.49. The van der Waals surface area contributed by atoms with Gasteiger partial charge in [-0.25, -0.2) is 17.9 Å². The summed E-state index contributed by atoms with van der Waals surface area (Å²) in [6.07, 6.45) is 0.645. The number of hydrogen-bond donors (Lipinski definition) is 3. The zero-order chi connectivity index (χ0) is 21.4. The molecule has 0 radical (unpaired) electrons. The quantitative estimate of drug-likeness (QED) is 0.256. The van der Waals surface area contributed by atoms with Crippen LogP contribution in [0.5, 0.6) is 0 Å². The summed E-state index contributed by atoms with van der Waals surface area (Å²) in [6.45, 7) is 7.19. The molecule has 0 heterocycles. The largest absolute Gasteiger partial charge is 0.444 e. The first kappa shape index (κ1) is 23.4. The van der Waals surface area contributed by atoms with Crippen molar-refractivity contribution in [3.8, 4) is 0 Å². The van der Waals surface area contributed by atoms with E-state index in [0.717, 1.165) is 5.56 Å². The highest BCUT2D eigenvalue weighted by Crippen LogP contribution is 2.10. The number of amides is 1. The molecule has 0 unspecified atom stereocenters. The van der Waals surface area contributed by atoms with Gasteiger partial charge in [-0.2, -0.15) is 0 Å². The summed E-state index contributed by atoms with van der Waals surface area (Å²) in [4.78, 5) is 26.8. The summed E-state index contributed by atoms with van der Waals surface area (Å²) in [6, 6.07) is 5.58. The summed E-state index contributed by atoms with van der Waals surface area (Å²) in [5, 5.41) is 2.46. The minimum absolute atomic E-state index is 0.0822. The molecule has 0 fully saturated rings. The van der Waals surface area contributed by atoms with Crippen molar-refractivity contribution in [3.05, 3.63) is 29.8 Å². The second-order valence-corrected chi connectivity index (χ2v) is 8.90. The van der Waals surface area contributed by atoms with Gasteiger partial charge in [0.25, 0.3) is 10.0 Å². The first-order chi connectivity index (χ1) is 12.9. The van der Waals surface area contributed by atoms with E-state index in [0.29, 0.717) is 19.1 Å². The SMILES string of the molecule is Cc1ccc(S(=O)(=O)NC(N)=NCCC[C@@H](C=O)NC(=O)OC(C)(C)C)cc1. The number of aldehydes is 1. The van der Waals surface area contributed by atoms with Crippen LogP contribution in [0.25, 0.3) is 0 Å². The van der Waals surface area contributed by atoms with E-state index in [1.807, 2.05) is 6.92 Å². The zero-order valence-corrected chi connectivity index (χ0v) is 17.4. The number of benzene rings is 1. The van der Waals surface area contributed by atoms with E-state index >= 15 is 0 Å². The number of nitrogens with zero attached hydrogens (tertiary/aromatic N) is 1. The summed E-state index contributed by atoms with van der Waals surface area (Å²) >= 11 is 0. The van der Waals surface area contributed by atoms with E-state index in [-0.39, 0.29) is 17.4 Å². The normalized spacial score (nSPS) is 13.5. The Kier molecular flexibility index (Phi) is 8.42. The molecule has 0 aromatic heterocycles. The molecule has 1 aromatic rings. The van der Waals surface area contributed by atoms with Gasteiger partial charge in [-0.05, 0) is 52.7 Å². The predicted octanol–water partition coefficient (Wildman–Crippen LogP) is 1.46. The molecule has 1 rings (SSSR count). The summed E-state index contributed by atoms with van der Waals surface area (Å²) < 4.78 is 31.7. The minimum Gasteiger partial charge on any atom is -0.444 e. The lowest BCUT2D eigenvalue weighted by molar-refractivity contribution is -0.109. The lowest BCUT2D eigenvalue weighted by Crippen LogP contribution is -2.40. The Morgan fingerprint density at radius 3 is 2.43 bits per heavy atom. The first-order valence-corrected chi connectivity index (χ1v) is 10.3. The van der Waals surface area contributed by atoms with Crippen LogP contribution < -0.4 is 15.8 Å². The van der Waals surface area contributed by atoms with Crippen molar-refractivity contribution < 1.29 is 22.7 Å². The molecule has 0 saturated carbocycles. The highest BCUT2D eigenvalue weighted by atomic mass is 32.2. The van der Waals surface area contributed by atoms with E-state index in [9.17, 15) is 18.0 Å². The predicted molar refractivity (Wildman–Crippen MR) is 106 cm³/mol. The van der Waals surface area contributed by atoms with E-state index in [1.54, 1.807) is 32.9 Å². The van der Waals surface area contributed by atoms with Crippen molar-refractivity contribution in [1.29, 1.82) is 0 Å². The van der Waals surface area contributed by atoms with Crippen LogP contribution in [0.15, 0.2) is 34.2 Å². The van der Waals surface area contributed by atoms with Crippen molar-refractivity contribution in [1.82, 2.24) is 10.0 Å².